The predicted molar refractivity (Wildman–Crippen MR) is 111 cm³/mol. The summed E-state index contributed by atoms with van der Waals surface area (Å²) in [7, 11) is -1.75. The van der Waals surface area contributed by atoms with Gasteiger partial charge < -0.3 is 15.4 Å². The highest BCUT2D eigenvalue weighted by Gasteiger charge is 2.37. The van der Waals surface area contributed by atoms with E-state index in [1.165, 1.54) is 0 Å². The zero-order valence-electron chi connectivity index (χ0n) is 16.7. The van der Waals surface area contributed by atoms with Gasteiger partial charge in [0.2, 0.25) is 0 Å². The fourth-order valence-corrected chi connectivity index (χ4v) is 5.79. The van der Waals surface area contributed by atoms with Gasteiger partial charge in [-0.2, -0.15) is 0 Å². The van der Waals surface area contributed by atoms with Crippen molar-refractivity contribution in [2.45, 2.75) is 49.0 Å². The van der Waals surface area contributed by atoms with Gasteiger partial charge in [0.05, 0.1) is 16.2 Å². The average Bonchev–Trinajstić information content (AvgIpc) is 2.73. The summed E-state index contributed by atoms with van der Waals surface area (Å²) in [5, 5.41) is 5.04. The third kappa shape index (κ3) is 5.33. The van der Waals surface area contributed by atoms with E-state index in [2.05, 4.69) is 15.6 Å². The van der Waals surface area contributed by atoms with Crippen molar-refractivity contribution in [3.05, 3.63) is 54.4 Å². The molecule has 1 aromatic heterocycles. The maximum atomic E-state index is 13.0. The molecule has 1 aliphatic carbocycles. The number of urea groups is 1. The second-order valence-corrected chi connectivity index (χ2v) is 9.59. The van der Waals surface area contributed by atoms with E-state index in [0.29, 0.717) is 18.7 Å². The van der Waals surface area contributed by atoms with Gasteiger partial charge >= 0.3 is 6.03 Å². The second-order valence-electron chi connectivity index (χ2n) is 7.42. The molecule has 0 spiro atoms. The van der Waals surface area contributed by atoms with Crippen molar-refractivity contribution in [2.75, 3.05) is 12.4 Å². The summed E-state index contributed by atoms with van der Waals surface area (Å²) in [5.41, 5.74) is 1.42. The van der Waals surface area contributed by atoms with Gasteiger partial charge in [0.25, 0.3) is 0 Å². The van der Waals surface area contributed by atoms with Gasteiger partial charge in [-0.3, -0.25) is 4.98 Å². The highest BCUT2D eigenvalue weighted by Crippen LogP contribution is 2.34. The summed E-state index contributed by atoms with van der Waals surface area (Å²) in [6, 6.07) is 9.65. The van der Waals surface area contributed by atoms with Gasteiger partial charge in [-0.25, -0.2) is 13.2 Å². The minimum atomic E-state index is -3.43. The molecule has 2 N–H and O–H groups in total. The summed E-state index contributed by atoms with van der Waals surface area (Å²) < 4.78 is 31.5. The lowest BCUT2D eigenvalue weighted by molar-refractivity contribution is 0.0554. The quantitative estimate of drug-likeness (QED) is 0.751. The summed E-state index contributed by atoms with van der Waals surface area (Å²) in [6.45, 7) is 2.32. The average molecular weight is 418 g/mol. The summed E-state index contributed by atoms with van der Waals surface area (Å²) in [5.74, 6) is 0.0368. The maximum Gasteiger partial charge on any atom is 0.319 e. The summed E-state index contributed by atoms with van der Waals surface area (Å²) in [4.78, 5) is 16.3. The number of amides is 2. The molecule has 8 heteroatoms. The standard InChI is InChI=1S/C21H27N3O4S/c1-15-12-18(28-2)7-10-20(15)29(26,27)19-8-5-17(6-9-19)24-21(25)23-14-16-4-3-11-22-13-16/h3-6,8-9,11,13,15,18,20H,7,10,12,14H2,1-2H3,(H2,23,24,25). The first-order valence-corrected chi connectivity index (χ1v) is 11.3. The van der Waals surface area contributed by atoms with Crippen LogP contribution in [0.4, 0.5) is 10.5 Å². The smallest absolute Gasteiger partial charge is 0.319 e. The van der Waals surface area contributed by atoms with Crippen molar-refractivity contribution in [3.8, 4) is 0 Å². The lowest BCUT2D eigenvalue weighted by Crippen LogP contribution is -2.36. The zero-order valence-corrected chi connectivity index (χ0v) is 17.5. The van der Waals surface area contributed by atoms with E-state index in [1.54, 1.807) is 49.8 Å². The molecule has 2 aromatic rings. The van der Waals surface area contributed by atoms with E-state index >= 15 is 0 Å². The molecule has 3 atom stereocenters. The van der Waals surface area contributed by atoms with Crippen LogP contribution >= 0.6 is 0 Å². The molecule has 1 aromatic carbocycles. The van der Waals surface area contributed by atoms with Crippen LogP contribution in [0.3, 0.4) is 0 Å². The second kappa shape index (κ2) is 9.37. The van der Waals surface area contributed by atoms with Crippen LogP contribution in [0.15, 0.2) is 53.7 Å². The van der Waals surface area contributed by atoms with Crippen LogP contribution in [0, 0.1) is 5.92 Å². The molecule has 1 fully saturated rings. The van der Waals surface area contributed by atoms with Gasteiger partial charge in [0, 0.05) is 31.7 Å². The first-order chi connectivity index (χ1) is 13.9. The highest BCUT2D eigenvalue weighted by atomic mass is 32.2. The molecule has 2 amide bonds. The zero-order chi connectivity index (χ0) is 20.9. The third-order valence-corrected chi connectivity index (χ3v) is 7.82. The van der Waals surface area contributed by atoms with Crippen molar-refractivity contribution in [2.24, 2.45) is 5.92 Å². The van der Waals surface area contributed by atoms with Gasteiger partial charge in [0.1, 0.15) is 0 Å². The fraction of sp³-hybridized carbons (Fsp3) is 0.429. The molecule has 3 unspecified atom stereocenters. The molecular weight excluding hydrogens is 390 g/mol. The molecule has 1 aliphatic rings. The number of carbonyl (C=O) groups excluding carboxylic acids is 1. The minimum Gasteiger partial charge on any atom is -0.381 e. The molecule has 29 heavy (non-hydrogen) atoms. The number of nitrogens with zero attached hydrogens (tertiary/aromatic N) is 1. The predicted octanol–water partition coefficient (Wildman–Crippen LogP) is 3.38. The third-order valence-electron chi connectivity index (χ3n) is 5.39. The van der Waals surface area contributed by atoms with Crippen molar-refractivity contribution in [1.82, 2.24) is 10.3 Å². The first-order valence-electron chi connectivity index (χ1n) is 9.70. The van der Waals surface area contributed by atoms with Crippen LogP contribution in [0.1, 0.15) is 31.7 Å². The van der Waals surface area contributed by atoms with E-state index < -0.39 is 15.1 Å². The number of anilines is 1. The molecule has 0 radical (unpaired) electrons. The van der Waals surface area contributed by atoms with Crippen LogP contribution in [0.2, 0.25) is 0 Å². The Balaban J connectivity index is 1.59. The molecule has 1 saturated carbocycles. The SMILES string of the molecule is COC1CCC(S(=O)(=O)c2ccc(NC(=O)NCc3cccnc3)cc2)C(C)C1. The largest absolute Gasteiger partial charge is 0.381 e. The normalized spacial score (nSPS) is 22.1. The Labute approximate surface area is 171 Å². The number of ether oxygens (including phenoxy) is 1. The van der Waals surface area contributed by atoms with Crippen molar-refractivity contribution < 1.29 is 17.9 Å². The number of methoxy groups -OCH3 is 1. The molecular formula is C21H27N3O4S. The van der Waals surface area contributed by atoms with Gasteiger partial charge in [0.15, 0.2) is 9.84 Å². The Kier molecular flexibility index (Phi) is 6.87. The Morgan fingerprint density at radius 2 is 1.97 bits per heavy atom. The number of rotatable bonds is 6. The van der Waals surface area contributed by atoms with Gasteiger partial charge in [-0.15, -0.1) is 0 Å². The number of pyridine rings is 1. The monoisotopic (exact) mass is 417 g/mol. The van der Waals surface area contributed by atoms with E-state index in [4.69, 9.17) is 4.74 Å². The van der Waals surface area contributed by atoms with Crippen LogP contribution in [0.25, 0.3) is 0 Å². The molecule has 0 saturated heterocycles. The number of hydrogen-bond donors (Lipinski definition) is 2. The van der Waals surface area contributed by atoms with Crippen molar-refractivity contribution in [3.63, 3.8) is 0 Å². The summed E-state index contributed by atoms with van der Waals surface area (Å²) >= 11 is 0. The lowest BCUT2D eigenvalue weighted by Gasteiger charge is -2.33. The van der Waals surface area contributed by atoms with E-state index in [0.717, 1.165) is 18.4 Å². The molecule has 156 valence electrons. The molecule has 0 bridgehead atoms. The topological polar surface area (TPSA) is 97.4 Å². The Bertz CT molecular complexity index is 917. The van der Waals surface area contributed by atoms with Crippen LogP contribution in [-0.4, -0.2) is 37.9 Å². The molecule has 7 nitrogen and oxygen atoms in total. The van der Waals surface area contributed by atoms with E-state index in [9.17, 15) is 13.2 Å². The Morgan fingerprint density at radius 1 is 1.21 bits per heavy atom. The summed E-state index contributed by atoms with van der Waals surface area (Å²) in [6.07, 6.45) is 5.58. The number of sulfone groups is 1. The van der Waals surface area contributed by atoms with E-state index in [1.807, 2.05) is 13.0 Å². The highest BCUT2D eigenvalue weighted by molar-refractivity contribution is 7.92. The lowest BCUT2D eigenvalue weighted by atomic mass is 9.88. The maximum absolute atomic E-state index is 13.0. The van der Waals surface area contributed by atoms with Crippen molar-refractivity contribution in [1.29, 1.82) is 0 Å². The van der Waals surface area contributed by atoms with Crippen LogP contribution < -0.4 is 10.6 Å². The molecule has 1 heterocycles. The fourth-order valence-electron chi connectivity index (χ4n) is 3.76. The van der Waals surface area contributed by atoms with E-state index in [-0.39, 0.29) is 22.9 Å². The number of carbonyl (C=O) groups is 1. The number of nitrogens with one attached hydrogen (secondary N) is 2. The van der Waals surface area contributed by atoms with Crippen LogP contribution in [0.5, 0.6) is 0 Å². The Hall–Kier alpha value is -2.45. The van der Waals surface area contributed by atoms with Crippen LogP contribution in [-0.2, 0) is 21.1 Å². The number of benzene rings is 1. The van der Waals surface area contributed by atoms with Gasteiger partial charge in [-0.1, -0.05) is 13.0 Å². The molecule has 3 rings (SSSR count). The Morgan fingerprint density at radius 3 is 2.59 bits per heavy atom. The number of hydrogen-bond acceptors (Lipinski definition) is 5. The first kappa shape index (κ1) is 21.3. The van der Waals surface area contributed by atoms with Gasteiger partial charge in [-0.05, 0) is 61.1 Å². The number of aromatic nitrogens is 1. The minimum absolute atomic E-state index is 0.0368. The van der Waals surface area contributed by atoms with Crippen molar-refractivity contribution >= 4 is 21.6 Å². The molecule has 0 aliphatic heterocycles.